The lowest BCUT2D eigenvalue weighted by molar-refractivity contribution is 0.0568. The van der Waals surface area contributed by atoms with Crippen molar-refractivity contribution < 1.29 is 9.59 Å². The minimum atomic E-state index is -0.735. The number of pyridine rings is 1. The molecule has 3 heterocycles. The third kappa shape index (κ3) is 2.85. The van der Waals surface area contributed by atoms with Gasteiger partial charge in [-0.3, -0.25) is 19.3 Å². The summed E-state index contributed by atoms with van der Waals surface area (Å²) >= 11 is 0. The van der Waals surface area contributed by atoms with Gasteiger partial charge in [-0.05, 0) is 49.2 Å². The van der Waals surface area contributed by atoms with Gasteiger partial charge in [0.1, 0.15) is 11.6 Å². The Balaban J connectivity index is 1.79. The van der Waals surface area contributed by atoms with E-state index < -0.39 is 6.04 Å². The van der Waals surface area contributed by atoms with Crippen LogP contribution in [0.1, 0.15) is 51.5 Å². The highest BCUT2D eigenvalue weighted by molar-refractivity contribution is 6.21. The molecule has 158 valence electrons. The molecule has 0 saturated heterocycles. The predicted molar refractivity (Wildman–Crippen MR) is 120 cm³/mol. The van der Waals surface area contributed by atoms with Gasteiger partial charge in [-0.1, -0.05) is 37.3 Å². The Kier molecular flexibility index (Phi) is 4.66. The molecule has 7 nitrogen and oxygen atoms in total. The number of hydrogen-bond acceptors (Lipinski definition) is 5. The summed E-state index contributed by atoms with van der Waals surface area (Å²) in [7, 11) is 0. The Labute approximate surface area is 184 Å². The molecule has 1 atom stereocenters. The van der Waals surface area contributed by atoms with Crippen molar-refractivity contribution in [2.75, 3.05) is 0 Å². The monoisotopic (exact) mass is 424 g/mol. The van der Waals surface area contributed by atoms with Crippen molar-refractivity contribution in [3.63, 3.8) is 0 Å². The molecule has 2 amide bonds. The van der Waals surface area contributed by atoms with Crippen molar-refractivity contribution in [3.05, 3.63) is 99.7 Å². The molecule has 0 fully saturated rings. The first-order valence-electron chi connectivity index (χ1n) is 10.4. The number of para-hydroxylation sites is 1. The first kappa shape index (κ1) is 19.8. The highest BCUT2D eigenvalue weighted by Gasteiger charge is 2.41. The summed E-state index contributed by atoms with van der Waals surface area (Å²) in [6.45, 7) is 3.72. The maximum absolute atomic E-state index is 13.6. The van der Waals surface area contributed by atoms with Crippen LogP contribution in [0.15, 0.2) is 71.7 Å². The third-order valence-corrected chi connectivity index (χ3v) is 5.82. The van der Waals surface area contributed by atoms with Crippen LogP contribution in [0.2, 0.25) is 0 Å². The van der Waals surface area contributed by atoms with Gasteiger partial charge < -0.3 is 0 Å². The van der Waals surface area contributed by atoms with Crippen LogP contribution < -0.4 is 5.56 Å². The molecule has 32 heavy (non-hydrogen) atoms. The summed E-state index contributed by atoms with van der Waals surface area (Å²) in [5.41, 5.74) is 1.72. The molecule has 7 heteroatoms. The first-order valence-corrected chi connectivity index (χ1v) is 10.4. The standard InChI is InChI=1S/C25H20N4O3/c1-3-20(28-23(30)16-10-4-5-11-17(16)24(28)31)22-27-19-13-7-6-12-18(19)25(32)29(22)21-15(2)9-8-14-26-21/h4-14,20H,3H2,1-2H3/t20-/m1/s1. The number of benzene rings is 2. The Bertz CT molecular complexity index is 1420. The minimum absolute atomic E-state index is 0.289. The van der Waals surface area contributed by atoms with Crippen molar-refractivity contribution in [1.82, 2.24) is 19.4 Å². The topological polar surface area (TPSA) is 85.2 Å². The number of carbonyl (C=O) groups excluding carboxylic acids is 2. The number of carbonyl (C=O) groups is 2. The van der Waals surface area contributed by atoms with E-state index in [4.69, 9.17) is 4.98 Å². The third-order valence-electron chi connectivity index (χ3n) is 5.82. The number of imide groups is 1. The largest absolute Gasteiger partial charge is 0.269 e. The van der Waals surface area contributed by atoms with E-state index in [2.05, 4.69) is 4.98 Å². The summed E-state index contributed by atoms with van der Waals surface area (Å²) in [6.07, 6.45) is 2.00. The molecule has 5 rings (SSSR count). The summed E-state index contributed by atoms with van der Waals surface area (Å²) < 4.78 is 1.44. The number of fused-ring (bicyclic) bond motifs is 2. The fraction of sp³-hybridized carbons (Fsp3) is 0.160. The zero-order chi connectivity index (χ0) is 22.4. The second kappa shape index (κ2) is 7.53. The van der Waals surface area contributed by atoms with Gasteiger partial charge in [0.15, 0.2) is 0 Å². The molecule has 0 saturated carbocycles. The van der Waals surface area contributed by atoms with Crippen LogP contribution in [0.3, 0.4) is 0 Å². The quantitative estimate of drug-likeness (QED) is 0.465. The van der Waals surface area contributed by atoms with E-state index in [0.717, 1.165) is 5.56 Å². The molecule has 1 aliphatic heterocycles. The maximum atomic E-state index is 13.6. The molecule has 1 aliphatic rings. The van der Waals surface area contributed by atoms with Gasteiger partial charge in [0.25, 0.3) is 17.4 Å². The molecule has 2 aromatic heterocycles. The molecule has 0 aliphatic carbocycles. The Morgan fingerprint density at radius 3 is 2.19 bits per heavy atom. The van der Waals surface area contributed by atoms with Crippen molar-refractivity contribution in [2.45, 2.75) is 26.3 Å². The van der Waals surface area contributed by atoms with Gasteiger partial charge >= 0.3 is 0 Å². The minimum Gasteiger partial charge on any atom is -0.269 e. The van der Waals surface area contributed by atoms with Gasteiger partial charge in [-0.25, -0.2) is 14.5 Å². The number of rotatable bonds is 4. The lowest BCUT2D eigenvalue weighted by atomic mass is 10.1. The van der Waals surface area contributed by atoms with Crippen LogP contribution in [0.5, 0.6) is 0 Å². The zero-order valence-corrected chi connectivity index (χ0v) is 17.6. The number of nitrogens with zero attached hydrogens (tertiary/aromatic N) is 4. The number of aromatic nitrogens is 3. The Morgan fingerprint density at radius 1 is 0.875 bits per heavy atom. The molecule has 0 spiro atoms. The molecule has 0 bridgehead atoms. The second-order valence-corrected chi connectivity index (χ2v) is 7.72. The number of hydrogen-bond donors (Lipinski definition) is 0. The van der Waals surface area contributed by atoms with E-state index >= 15 is 0 Å². The average Bonchev–Trinajstić information content (AvgIpc) is 3.06. The van der Waals surface area contributed by atoms with E-state index in [1.54, 1.807) is 60.8 Å². The molecule has 0 N–H and O–H groups in total. The normalized spacial score (nSPS) is 14.1. The van der Waals surface area contributed by atoms with E-state index in [1.807, 2.05) is 19.9 Å². The van der Waals surface area contributed by atoms with Crippen molar-refractivity contribution >= 4 is 22.7 Å². The van der Waals surface area contributed by atoms with Crippen molar-refractivity contribution in [3.8, 4) is 5.82 Å². The molecule has 0 unspecified atom stereocenters. The van der Waals surface area contributed by atoms with Gasteiger partial charge in [0.2, 0.25) is 0 Å². The number of aryl methyl sites for hydroxylation is 1. The highest BCUT2D eigenvalue weighted by Crippen LogP contribution is 2.33. The van der Waals surface area contributed by atoms with E-state index in [1.165, 1.54) is 9.47 Å². The zero-order valence-electron chi connectivity index (χ0n) is 17.6. The van der Waals surface area contributed by atoms with Gasteiger partial charge in [-0.2, -0.15) is 0 Å². The number of amides is 2. The van der Waals surface area contributed by atoms with Crippen LogP contribution in [0, 0.1) is 6.92 Å². The van der Waals surface area contributed by atoms with Gasteiger partial charge in [-0.15, -0.1) is 0 Å². The van der Waals surface area contributed by atoms with Crippen molar-refractivity contribution in [1.29, 1.82) is 0 Å². The predicted octanol–water partition coefficient (Wildman–Crippen LogP) is 3.84. The van der Waals surface area contributed by atoms with Crippen LogP contribution in [-0.4, -0.2) is 31.2 Å². The lowest BCUT2D eigenvalue weighted by Gasteiger charge is -2.27. The van der Waals surface area contributed by atoms with E-state index in [0.29, 0.717) is 40.1 Å². The maximum Gasteiger partial charge on any atom is 0.267 e. The molecular weight excluding hydrogens is 404 g/mol. The van der Waals surface area contributed by atoms with E-state index in [-0.39, 0.29) is 17.4 Å². The van der Waals surface area contributed by atoms with Gasteiger partial charge in [0.05, 0.1) is 28.1 Å². The van der Waals surface area contributed by atoms with Crippen molar-refractivity contribution in [2.24, 2.45) is 0 Å². The average molecular weight is 424 g/mol. The van der Waals surface area contributed by atoms with Crippen LogP contribution in [0.4, 0.5) is 0 Å². The van der Waals surface area contributed by atoms with E-state index in [9.17, 15) is 14.4 Å². The van der Waals surface area contributed by atoms with Crippen LogP contribution in [0.25, 0.3) is 16.7 Å². The first-order chi connectivity index (χ1) is 15.5. The summed E-state index contributed by atoms with van der Waals surface area (Å²) in [6, 6.07) is 16.7. The Hall–Kier alpha value is -4.13. The summed E-state index contributed by atoms with van der Waals surface area (Å²) in [5.74, 6) is -0.0263. The smallest absolute Gasteiger partial charge is 0.267 e. The summed E-state index contributed by atoms with van der Waals surface area (Å²) in [4.78, 5) is 50.5. The van der Waals surface area contributed by atoms with Crippen LogP contribution in [-0.2, 0) is 0 Å². The SMILES string of the molecule is CC[C@H](c1nc2ccccc2c(=O)n1-c1ncccc1C)N1C(=O)c2ccccc2C1=O. The molecule has 4 aromatic rings. The fourth-order valence-electron chi connectivity index (χ4n) is 4.26. The molecule has 2 aromatic carbocycles. The Morgan fingerprint density at radius 2 is 1.53 bits per heavy atom. The lowest BCUT2D eigenvalue weighted by Crippen LogP contribution is -2.38. The highest BCUT2D eigenvalue weighted by atomic mass is 16.2. The van der Waals surface area contributed by atoms with Crippen LogP contribution >= 0.6 is 0 Å². The molecule has 0 radical (unpaired) electrons. The van der Waals surface area contributed by atoms with Gasteiger partial charge in [0, 0.05) is 6.20 Å². The second-order valence-electron chi connectivity index (χ2n) is 7.72. The molecular formula is C25H20N4O3. The fourth-order valence-corrected chi connectivity index (χ4v) is 4.26. The summed E-state index contributed by atoms with van der Waals surface area (Å²) in [5, 5.41) is 0.443.